The summed E-state index contributed by atoms with van der Waals surface area (Å²) in [6.45, 7) is 2.99. The normalized spacial score (nSPS) is 15.5. The maximum absolute atomic E-state index is 13.5. The molecule has 1 aliphatic rings. The molecule has 1 N–H and O–H groups in total. The van der Waals surface area contributed by atoms with Crippen LogP contribution in [0.25, 0.3) is 0 Å². The SMILES string of the molecule is CCOc1ccccc1NC(=O)N1CCc2ccccc2C1c1ccc(F)cc1. The minimum absolute atomic E-state index is 0.207. The first-order valence-corrected chi connectivity index (χ1v) is 9.80. The molecular weight excluding hydrogens is 367 g/mol. The lowest BCUT2D eigenvalue weighted by molar-refractivity contribution is 0.194. The van der Waals surface area contributed by atoms with Gasteiger partial charge in [0.15, 0.2) is 0 Å². The van der Waals surface area contributed by atoms with Crippen molar-refractivity contribution in [1.29, 1.82) is 0 Å². The molecule has 1 aliphatic heterocycles. The zero-order valence-corrected chi connectivity index (χ0v) is 16.3. The molecule has 4 rings (SSSR count). The highest BCUT2D eigenvalue weighted by Gasteiger charge is 2.32. The number of ether oxygens (including phenoxy) is 1. The summed E-state index contributed by atoms with van der Waals surface area (Å²) in [7, 11) is 0. The molecule has 1 heterocycles. The van der Waals surface area contributed by atoms with Crippen LogP contribution in [-0.4, -0.2) is 24.1 Å². The van der Waals surface area contributed by atoms with Crippen LogP contribution >= 0.6 is 0 Å². The summed E-state index contributed by atoms with van der Waals surface area (Å²) in [4.78, 5) is 15.1. The third kappa shape index (κ3) is 3.94. The van der Waals surface area contributed by atoms with Crippen molar-refractivity contribution in [3.63, 3.8) is 0 Å². The van der Waals surface area contributed by atoms with Gasteiger partial charge in [-0.15, -0.1) is 0 Å². The molecule has 1 unspecified atom stereocenters. The zero-order chi connectivity index (χ0) is 20.2. The lowest BCUT2D eigenvalue weighted by atomic mass is 9.88. The van der Waals surface area contributed by atoms with Gasteiger partial charge in [-0.25, -0.2) is 9.18 Å². The van der Waals surface area contributed by atoms with Gasteiger partial charge in [0.25, 0.3) is 0 Å². The number of rotatable bonds is 4. The number of halogens is 1. The fourth-order valence-corrected chi connectivity index (χ4v) is 3.83. The first-order valence-electron chi connectivity index (χ1n) is 9.80. The van der Waals surface area contributed by atoms with Gasteiger partial charge in [-0.05, 0) is 54.3 Å². The van der Waals surface area contributed by atoms with Gasteiger partial charge >= 0.3 is 6.03 Å². The van der Waals surface area contributed by atoms with Crippen LogP contribution in [0, 0.1) is 5.82 Å². The van der Waals surface area contributed by atoms with E-state index in [1.807, 2.05) is 49.4 Å². The average molecular weight is 390 g/mol. The van der Waals surface area contributed by atoms with E-state index in [1.54, 1.807) is 17.0 Å². The number of fused-ring (bicyclic) bond motifs is 1. The van der Waals surface area contributed by atoms with Crippen LogP contribution in [0.2, 0.25) is 0 Å². The molecule has 4 nitrogen and oxygen atoms in total. The van der Waals surface area contributed by atoms with Crippen LogP contribution in [0.15, 0.2) is 72.8 Å². The van der Waals surface area contributed by atoms with Gasteiger partial charge in [0.1, 0.15) is 11.6 Å². The minimum Gasteiger partial charge on any atom is -0.492 e. The number of para-hydroxylation sites is 2. The Bertz CT molecular complexity index is 1000. The van der Waals surface area contributed by atoms with Crippen LogP contribution < -0.4 is 10.1 Å². The van der Waals surface area contributed by atoms with Gasteiger partial charge in [-0.2, -0.15) is 0 Å². The summed E-state index contributed by atoms with van der Waals surface area (Å²) in [6, 6.07) is 21.4. The van der Waals surface area contributed by atoms with Crippen molar-refractivity contribution in [3.8, 4) is 5.75 Å². The number of nitrogens with zero attached hydrogens (tertiary/aromatic N) is 1. The Morgan fingerprint density at radius 3 is 2.59 bits per heavy atom. The maximum Gasteiger partial charge on any atom is 0.322 e. The van der Waals surface area contributed by atoms with Crippen LogP contribution in [-0.2, 0) is 6.42 Å². The molecule has 1 atom stereocenters. The van der Waals surface area contributed by atoms with Gasteiger partial charge in [0.05, 0.1) is 18.3 Å². The van der Waals surface area contributed by atoms with Crippen molar-refractivity contribution in [2.24, 2.45) is 0 Å². The Kier molecular flexibility index (Phi) is 5.47. The van der Waals surface area contributed by atoms with Crippen molar-refractivity contribution in [3.05, 3.63) is 95.3 Å². The first kappa shape index (κ1) is 19.0. The molecule has 29 heavy (non-hydrogen) atoms. The first-order chi connectivity index (χ1) is 14.2. The summed E-state index contributed by atoms with van der Waals surface area (Å²) in [5, 5.41) is 2.99. The lowest BCUT2D eigenvalue weighted by Gasteiger charge is -2.37. The van der Waals surface area contributed by atoms with E-state index < -0.39 is 0 Å². The minimum atomic E-state index is -0.292. The Labute approximate surface area is 169 Å². The molecule has 3 aromatic rings. The topological polar surface area (TPSA) is 41.6 Å². The number of amides is 2. The van der Waals surface area contributed by atoms with E-state index in [-0.39, 0.29) is 17.9 Å². The highest BCUT2D eigenvalue weighted by atomic mass is 19.1. The number of carbonyl (C=O) groups excluding carboxylic acids is 1. The summed E-state index contributed by atoms with van der Waals surface area (Å²) in [5.74, 6) is 0.346. The largest absolute Gasteiger partial charge is 0.492 e. The number of urea groups is 1. The van der Waals surface area contributed by atoms with E-state index in [1.165, 1.54) is 17.7 Å². The number of benzene rings is 3. The van der Waals surface area contributed by atoms with Gasteiger partial charge in [-0.3, -0.25) is 0 Å². The third-order valence-electron chi connectivity index (χ3n) is 5.16. The van der Waals surface area contributed by atoms with Gasteiger partial charge < -0.3 is 15.0 Å². The second-order valence-electron chi connectivity index (χ2n) is 6.96. The van der Waals surface area contributed by atoms with Gasteiger partial charge in [0.2, 0.25) is 0 Å². The van der Waals surface area contributed by atoms with E-state index in [2.05, 4.69) is 11.4 Å². The monoisotopic (exact) mass is 390 g/mol. The van der Waals surface area contributed by atoms with Gasteiger partial charge in [-0.1, -0.05) is 48.5 Å². The molecule has 0 fully saturated rings. The van der Waals surface area contributed by atoms with Crippen LogP contribution in [0.1, 0.15) is 29.7 Å². The van der Waals surface area contributed by atoms with E-state index in [4.69, 9.17) is 4.74 Å². The van der Waals surface area contributed by atoms with Crippen molar-refractivity contribution in [2.45, 2.75) is 19.4 Å². The predicted molar refractivity (Wildman–Crippen MR) is 112 cm³/mol. The number of hydrogen-bond donors (Lipinski definition) is 1. The zero-order valence-electron chi connectivity index (χ0n) is 16.3. The molecular formula is C24H23FN2O2. The standard InChI is InChI=1S/C24H23FN2O2/c1-2-29-22-10-6-5-9-21(22)26-24(28)27-16-15-17-7-3-4-8-20(17)23(27)18-11-13-19(25)14-12-18/h3-14,23H,2,15-16H2,1H3,(H,26,28). The molecule has 148 valence electrons. The molecule has 0 aliphatic carbocycles. The van der Waals surface area contributed by atoms with Crippen molar-refractivity contribution in [2.75, 3.05) is 18.5 Å². The van der Waals surface area contributed by atoms with Crippen LogP contribution in [0.5, 0.6) is 5.75 Å². The molecule has 0 saturated carbocycles. The summed E-state index contributed by atoms with van der Waals surface area (Å²) in [5.41, 5.74) is 3.79. The van der Waals surface area contributed by atoms with Crippen molar-refractivity contribution in [1.82, 2.24) is 4.90 Å². The number of nitrogens with one attached hydrogen (secondary N) is 1. The summed E-state index contributed by atoms with van der Waals surface area (Å²) >= 11 is 0. The number of hydrogen-bond acceptors (Lipinski definition) is 2. The molecule has 0 saturated heterocycles. The summed E-state index contributed by atoms with van der Waals surface area (Å²) < 4.78 is 19.1. The Morgan fingerprint density at radius 1 is 1.07 bits per heavy atom. The van der Waals surface area contributed by atoms with E-state index in [0.29, 0.717) is 24.6 Å². The Hall–Kier alpha value is -3.34. The van der Waals surface area contributed by atoms with Gasteiger partial charge in [0, 0.05) is 6.54 Å². The number of anilines is 1. The molecule has 2 amide bonds. The fourth-order valence-electron chi connectivity index (χ4n) is 3.83. The Balaban J connectivity index is 1.68. The Morgan fingerprint density at radius 2 is 1.79 bits per heavy atom. The van der Waals surface area contributed by atoms with E-state index >= 15 is 0 Å². The van der Waals surface area contributed by atoms with E-state index in [0.717, 1.165) is 17.5 Å². The molecule has 0 bridgehead atoms. The van der Waals surface area contributed by atoms with Crippen LogP contribution in [0.4, 0.5) is 14.9 Å². The highest BCUT2D eigenvalue weighted by molar-refractivity contribution is 5.91. The quantitative estimate of drug-likeness (QED) is 0.648. The van der Waals surface area contributed by atoms with E-state index in [9.17, 15) is 9.18 Å². The van der Waals surface area contributed by atoms with Crippen LogP contribution in [0.3, 0.4) is 0 Å². The molecule has 3 aromatic carbocycles. The molecule has 0 radical (unpaired) electrons. The van der Waals surface area contributed by atoms with Crippen molar-refractivity contribution < 1.29 is 13.9 Å². The molecule has 5 heteroatoms. The molecule has 0 spiro atoms. The average Bonchev–Trinajstić information content (AvgIpc) is 2.75. The smallest absolute Gasteiger partial charge is 0.322 e. The lowest BCUT2D eigenvalue weighted by Crippen LogP contribution is -2.43. The third-order valence-corrected chi connectivity index (χ3v) is 5.16. The molecule has 0 aromatic heterocycles. The second kappa shape index (κ2) is 8.35. The summed E-state index contributed by atoms with van der Waals surface area (Å²) in [6.07, 6.45) is 0.772. The highest BCUT2D eigenvalue weighted by Crippen LogP contribution is 2.36. The predicted octanol–water partition coefficient (Wildman–Crippen LogP) is 5.40. The van der Waals surface area contributed by atoms with Crippen molar-refractivity contribution >= 4 is 11.7 Å². The fraction of sp³-hybridized carbons (Fsp3) is 0.208. The second-order valence-corrected chi connectivity index (χ2v) is 6.96. The number of carbonyl (C=O) groups is 1. The maximum atomic E-state index is 13.5.